The van der Waals surface area contributed by atoms with Gasteiger partial charge in [-0.1, -0.05) is 18.2 Å². The highest BCUT2D eigenvalue weighted by atomic mass is 15.0. The number of aryl methyl sites for hydroxylation is 1. The van der Waals surface area contributed by atoms with E-state index in [0.717, 1.165) is 22.6 Å². The van der Waals surface area contributed by atoms with Crippen molar-refractivity contribution < 1.29 is 0 Å². The Bertz CT molecular complexity index is 650. The van der Waals surface area contributed by atoms with Crippen LogP contribution < -0.4 is 0 Å². The average molecular weight is 223 g/mol. The third-order valence-electron chi connectivity index (χ3n) is 3.12. The van der Waals surface area contributed by atoms with Crippen molar-refractivity contribution in [1.82, 2.24) is 15.0 Å². The molecule has 2 heterocycles. The number of hydrogen-bond donors (Lipinski definition) is 1. The zero-order valence-electron chi connectivity index (χ0n) is 9.86. The van der Waals surface area contributed by atoms with Crippen molar-refractivity contribution in [2.24, 2.45) is 0 Å². The van der Waals surface area contributed by atoms with E-state index >= 15 is 0 Å². The first-order valence-electron chi connectivity index (χ1n) is 5.63. The Kier molecular flexibility index (Phi) is 2.18. The van der Waals surface area contributed by atoms with Crippen LogP contribution in [0.3, 0.4) is 0 Å². The lowest BCUT2D eigenvalue weighted by Gasteiger charge is -2.04. The second-order valence-electron chi connectivity index (χ2n) is 4.21. The largest absolute Gasteiger partial charge is 0.337 e. The van der Waals surface area contributed by atoms with Crippen molar-refractivity contribution >= 4 is 11.2 Å². The van der Waals surface area contributed by atoms with E-state index in [2.05, 4.69) is 47.0 Å². The summed E-state index contributed by atoms with van der Waals surface area (Å²) in [6.07, 6.45) is 1.76. The van der Waals surface area contributed by atoms with E-state index in [4.69, 9.17) is 0 Å². The maximum atomic E-state index is 4.52. The number of benzene rings is 1. The molecule has 0 aliphatic rings. The third-order valence-corrected chi connectivity index (χ3v) is 3.12. The fraction of sp³-hybridized carbons (Fsp3) is 0.143. The van der Waals surface area contributed by atoms with Crippen LogP contribution in [0.2, 0.25) is 0 Å². The van der Waals surface area contributed by atoms with Crippen molar-refractivity contribution in [3.05, 3.63) is 47.7 Å². The van der Waals surface area contributed by atoms with E-state index < -0.39 is 0 Å². The lowest BCUT2D eigenvalue weighted by atomic mass is 10.0. The van der Waals surface area contributed by atoms with E-state index in [-0.39, 0.29) is 0 Å². The summed E-state index contributed by atoms with van der Waals surface area (Å²) in [5.41, 5.74) is 5.41. The van der Waals surface area contributed by atoms with Crippen LogP contribution in [0.4, 0.5) is 0 Å². The third kappa shape index (κ3) is 1.60. The standard InChI is InChI=1S/C14H13N3/c1-9-5-3-6-11(10(9)2)13-16-12-7-4-8-15-14(12)17-13/h3-8H,1-2H3,(H,15,16,17). The van der Waals surface area contributed by atoms with E-state index in [1.807, 2.05) is 12.1 Å². The van der Waals surface area contributed by atoms with Crippen LogP contribution in [0.5, 0.6) is 0 Å². The molecule has 0 spiro atoms. The average Bonchev–Trinajstić information content (AvgIpc) is 2.76. The molecule has 0 radical (unpaired) electrons. The number of rotatable bonds is 1. The van der Waals surface area contributed by atoms with Crippen molar-refractivity contribution in [3.63, 3.8) is 0 Å². The van der Waals surface area contributed by atoms with Crippen molar-refractivity contribution in [1.29, 1.82) is 0 Å². The zero-order chi connectivity index (χ0) is 11.8. The monoisotopic (exact) mass is 223 g/mol. The number of nitrogens with one attached hydrogen (secondary N) is 1. The van der Waals surface area contributed by atoms with Gasteiger partial charge in [0.1, 0.15) is 5.82 Å². The van der Waals surface area contributed by atoms with Gasteiger partial charge in [-0.3, -0.25) is 0 Å². The number of nitrogens with zero attached hydrogens (tertiary/aromatic N) is 2. The second-order valence-corrected chi connectivity index (χ2v) is 4.21. The summed E-state index contributed by atoms with van der Waals surface area (Å²) < 4.78 is 0. The minimum atomic E-state index is 0.767. The van der Waals surface area contributed by atoms with Gasteiger partial charge in [-0.15, -0.1) is 0 Å². The number of aromatic amines is 1. The van der Waals surface area contributed by atoms with Crippen LogP contribution in [0, 0.1) is 13.8 Å². The number of imidazole rings is 1. The molecule has 1 aromatic carbocycles. The molecule has 3 aromatic rings. The summed E-state index contributed by atoms with van der Waals surface area (Å²) in [5, 5.41) is 0. The predicted molar refractivity (Wildman–Crippen MR) is 68.8 cm³/mol. The maximum absolute atomic E-state index is 4.52. The summed E-state index contributed by atoms with van der Waals surface area (Å²) in [6, 6.07) is 10.1. The molecule has 84 valence electrons. The molecule has 2 aromatic heterocycles. The quantitative estimate of drug-likeness (QED) is 0.688. The van der Waals surface area contributed by atoms with E-state index in [9.17, 15) is 0 Å². The number of fused-ring (bicyclic) bond motifs is 1. The van der Waals surface area contributed by atoms with Crippen LogP contribution in [0.1, 0.15) is 11.1 Å². The van der Waals surface area contributed by atoms with Gasteiger partial charge in [0.15, 0.2) is 5.65 Å². The van der Waals surface area contributed by atoms with Gasteiger partial charge in [0.25, 0.3) is 0 Å². The molecule has 0 atom stereocenters. The topological polar surface area (TPSA) is 41.6 Å². The lowest BCUT2D eigenvalue weighted by molar-refractivity contribution is 1.26. The molecule has 17 heavy (non-hydrogen) atoms. The number of aromatic nitrogens is 3. The number of H-pyrrole nitrogens is 1. The predicted octanol–water partition coefficient (Wildman–Crippen LogP) is 3.24. The normalized spacial score (nSPS) is 10.9. The van der Waals surface area contributed by atoms with Gasteiger partial charge in [0, 0.05) is 11.8 Å². The van der Waals surface area contributed by atoms with Gasteiger partial charge < -0.3 is 4.98 Å². The molecule has 0 saturated heterocycles. The molecule has 0 fully saturated rings. The van der Waals surface area contributed by atoms with Crippen LogP contribution in [-0.4, -0.2) is 15.0 Å². The Balaban J connectivity index is 2.24. The minimum absolute atomic E-state index is 0.767. The van der Waals surface area contributed by atoms with Crippen LogP contribution in [0.25, 0.3) is 22.6 Å². The molecule has 3 rings (SSSR count). The van der Waals surface area contributed by atoms with Gasteiger partial charge in [-0.2, -0.15) is 0 Å². The van der Waals surface area contributed by atoms with Gasteiger partial charge >= 0.3 is 0 Å². The zero-order valence-corrected chi connectivity index (χ0v) is 9.86. The highest BCUT2D eigenvalue weighted by Gasteiger charge is 2.08. The molecule has 0 bridgehead atoms. The summed E-state index contributed by atoms with van der Waals surface area (Å²) in [4.78, 5) is 12.1. The Hall–Kier alpha value is -2.16. The summed E-state index contributed by atoms with van der Waals surface area (Å²) in [7, 11) is 0. The van der Waals surface area contributed by atoms with E-state index in [1.54, 1.807) is 6.20 Å². The maximum Gasteiger partial charge on any atom is 0.178 e. The van der Waals surface area contributed by atoms with Crippen LogP contribution in [-0.2, 0) is 0 Å². The highest BCUT2D eigenvalue weighted by Crippen LogP contribution is 2.24. The summed E-state index contributed by atoms with van der Waals surface area (Å²) in [5.74, 6) is 0.889. The second kappa shape index (κ2) is 3.70. The molecule has 0 aliphatic carbocycles. The van der Waals surface area contributed by atoms with Gasteiger partial charge in [0.05, 0.1) is 5.52 Å². The Morgan fingerprint density at radius 3 is 2.76 bits per heavy atom. The highest BCUT2D eigenvalue weighted by molar-refractivity contribution is 5.76. The number of hydrogen-bond acceptors (Lipinski definition) is 2. The Labute approximate surface area is 99.5 Å². The van der Waals surface area contributed by atoms with Crippen molar-refractivity contribution in [2.45, 2.75) is 13.8 Å². The molecule has 3 nitrogen and oxygen atoms in total. The first kappa shape index (κ1) is 10.0. The summed E-state index contributed by atoms with van der Waals surface area (Å²) in [6.45, 7) is 4.23. The molecule has 3 heteroatoms. The smallest absolute Gasteiger partial charge is 0.178 e. The Morgan fingerprint density at radius 2 is 1.94 bits per heavy atom. The first-order valence-corrected chi connectivity index (χ1v) is 5.63. The molecular weight excluding hydrogens is 210 g/mol. The van der Waals surface area contributed by atoms with Gasteiger partial charge in [-0.05, 0) is 37.1 Å². The lowest BCUT2D eigenvalue weighted by Crippen LogP contribution is -1.88. The fourth-order valence-electron chi connectivity index (χ4n) is 1.98. The SMILES string of the molecule is Cc1cccc(-c2nc3ncccc3[nH]2)c1C. The summed E-state index contributed by atoms with van der Waals surface area (Å²) >= 11 is 0. The fourth-order valence-corrected chi connectivity index (χ4v) is 1.98. The van der Waals surface area contributed by atoms with E-state index in [0.29, 0.717) is 0 Å². The Morgan fingerprint density at radius 1 is 1.06 bits per heavy atom. The van der Waals surface area contributed by atoms with Crippen molar-refractivity contribution in [3.8, 4) is 11.4 Å². The molecule has 1 N–H and O–H groups in total. The van der Waals surface area contributed by atoms with Crippen LogP contribution in [0.15, 0.2) is 36.5 Å². The minimum Gasteiger partial charge on any atom is -0.337 e. The van der Waals surface area contributed by atoms with Crippen LogP contribution >= 0.6 is 0 Å². The van der Waals surface area contributed by atoms with E-state index in [1.165, 1.54) is 11.1 Å². The van der Waals surface area contributed by atoms with Gasteiger partial charge in [-0.25, -0.2) is 9.97 Å². The molecule has 0 unspecified atom stereocenters. The number of pyridine rings is 1. The molecular formula is C14H13N3. The molecule has 0 amide bonds. The van der Waals surface area contributed by atoms with Gasteiger partial charge in [0.2, 0.25) is 0 Å². The molecule has 0 saturated carbocycles. The van der Waals surface area contributed by atoms with Crippen molar-refractivity contribution in [2.75, 3.05) is 0 Å². The first-order chi connectivity index (χ1) is 8.25. The molecule has 0 aliphatic heterocycles.